The van der Waals surface area contributed by atoms with Crippen molar-refractivity contribution in [2.45, 2.75) is 46.7 Å². The number of rotatable bonds is 4. The molecule has 0 unspecified atom stereocenters. The van der Waals surface area contributed by atoms with Gasteiger partial charge in [-0.3, -0.25) is 18.3 Å². The first kappa shape index (κ1) is 18.3. The van der Waals surface area contributed by atoms with E-state index in [4.69, 9.17) is 0 Å². The Morgan fingerprint density at radius 3 is 2.36 bits per heavy atom. The van der Waals surface area contributed by atoms with E-state index in [0.717, 1.165) is 17.0 Å². The first-order chi connectivity index (χ1) is 13.3. The standard InChI is InChI=1S/C21H25N5O2/c1-13(2)25-14(3)15(4)26-17-18(22-20(25)26)23(5)21(28)24(19(17)27)12-11-16-9-7-6-8-10-16/h6-10,13H,11-12H2,1-5H3. The summed E-state index contributed by atoms with van der Waals surface area (Å²) in [4.78, 5) is 30.9. The maximum atomic E-state index is 13.3. The molecule has 4 rings (SSSR count). The van der Waals surface area contributed by atoms with Crippen LogP contribution in [0.5, 0.6) is 0 Å². The van der Waals surface area contributed by atoms with Crippen LogP contribution in [0.4, 0.5) is 0 Å². The summed E-state index contributed by atoms with van der Waals surface area (Å²) >= 11 is 0. The summed E-state index contributed by atoms with van der Waals surface area (Å²) in [6.07, 6.45) is 0.619. The third kappa shape index (κ3) is 2.53. The van der Waals surface area contributed by atoms with Gasteiger partial charge in [-0.25, -0.2) is 4.79 Å². The van der Waals surface area contributed by atoms with Crippen molar-refractivity contribution >= 4 is 16.9 Å². The largest absolute Gasteiger partial charge is 0.332 e. The van der Waals surface area contributed by atoms with Gasteiger partial charge in [0, 0.05) is 31.0 Å². The second kappa shape index (κ2) is 6.51. The lowest BCUT2D eigenvalue weighted by molar-refractivity contribution is 0.598. The minimum absolute atomic E-state index is 0.199. The smallest absolute Gasteiger partial charge is 0.311 e. The van der Waals surface area contributed by atoms with E-state index < -0.39 is 0 Å². The molecule has 0 atom stereocenters. The molecule has 1 aromatic carbocycles. The number of benzene rings is 1. The van der Waals surface area contributed by atoms with Gasteiger partial charge in [-0.1, -0.05) is 30.3 Å². The van der Waals surface area contributed by atoms with Crippen LogP contribution in [0.1, 0.15) is 36.8 Å². The highest BCUT2D eigenvalue weighted by molar-refractivity contribution is 5.76. The van der Waals surface area contributed by atoms with Crippen LogP contribution in [0, 0.1) is 13.8 Å². The topological polar surface area (TPSA) is 66.2 Å². The highest BCUT2D eigenvalue weighted by Gasteiger charge is 2.23. The molecule has 146 valence electrons. The van der Waals surface area contributed by atoms with E-state index in [0.29, 0.717) is 29.9 Å². The van der Waals surface area contributed by atoms with E-state index in [2.05, 4.69) is 23.4 Å². The molecule has 3 aromatic heterocycles. The maximum Gasteiger partial charge on any atom is 0.332 e. The Hall–Kier alpha value is -3.09. The predicted molar refractivity (Wildman–Crippen MR) is 110 cm³/mol. The third-order valence-electron chi connectivity index (χ3n) is 5.54. The van der Waals surface area contributed by atoms with Gasteiger partial charge in [-0.15, -0.1) is 0 Å². The lowest BCUT2D eigenvalue weighted by atomic mass is 10.1. The average Bonchev–Trinajstić information content (AvgIpc) is 3.16. The van der Waals surface area contributed by atoms with E-state index in [-0.39, 0.29) is 17.3 Å². The van der Waals surface area contributed by atoms with Crippen LogP contribution in [-0.2, 0) is 20.0 Å². The summed E-state index contributed by atoms with van der Waals surface area (Å²) in [6.45, 7) is 8.53. The fraction of sp³-hybridized carbons (Fsp3) is 0.381. The molecular weight excluding hydrogens is 354 g/mol. The van der Waals surface area contributed by atoms with Crippen molar-refractivity contribution < 1.29 is 0 Å². The van der Waals surface area contributed by atoms with Crippen molar-refractivity contribution in [1.29, 1.82) is 0 Å². The second-order valence-electron chi connectivity index (χ2n) is 7.59. The maximum absolute atomic E-state index is 13.3. The molecule has 0 spiro atoms. The number of aromatic nitrogens is 5. The van der Waals surface area contributed by atoms with Crippen molar-refractivity contribution in [2.75, 3.05) is 0 Å². The molecule has 0 bridgehead atoms. The molecule has 0 saturated heterocycles. The molecule has 0 saturated carbocycles. The van der Waals surface area contributed by atoms with Crippen molar-refractivity contribution in [3.05, 3.63) is 68.1 Å². The summed E-state index contributed by atoms with van der Waals surface area (Å²) < 4.78 is 6.80. The van der Waals surface area contributed by atoms with E-state index in [1.165, 1.54) is 9.13 Å². The SMILES string of the molecule is Cc1c(C)n2c3c(=O)n(CCc4ccccc4)c(=O)n(C)c3nc2n1C(C)C. The molecular formula is C21H25N5O2. The molecule has 7 heteroatoms. The minimum atomic E-state index is -0.334. The number of nitrogens with zero attached hydrogens (tertiary/aromatic N) is 5. The first-order valence-corrected chi connectivity index (χ1v) is 9.56. The normalized spacial score (nSPS) is 11.9. The highest BCUT2D eigenvalue weighted by Crippen LogP contribution is 2.23. The van der Waals surface area contributed by atoms with Crippen molar-refractivity contribution in [3.8, 4) is 0 Å². The van der Waals surface area contributed by atoms with Crippen LogP contribution in [-0.4, -0.2) is 23.1 Å². The van der Waals surface area contributed by atoms with Crippen LogP contribution < -0.4 is 11.2 Å². The van der Waals surface area contributed by atoms with Gasteiger partial charge in [0.15, 0.2) is 11.2 Å². The van der Waals surface area contributed by atoms with Crippen LogP contribution in [0.2, 0.25) is 0 Å². The molecule has 4 aromatic rings. The molecule has 0 aliphatic carbocycles. The van der Waals surface area contributed by atoms with Gasteiger partial charge in [-0.05, 0) is 39.7 Å². The summed E-state index contributed by atoms with van der Waals surface area (Å²) in [5, 5.41) is 0. The first-order valence-electron chi connectivity index (χ1n) is 9.56. The summed E-state index contributed by atoms with van der Waals surface area (Å²) in [7, 11) is 1.68. The summed E-state index contributed by atoms with van der Waals surface area (Å²) in [5.41, 5.74) is 3.40. The number of hydrogen-bond donors (Lipinski definition) is 0. The van der Waals surface area contributed by atoms with Crippen LogP contribution in [0.3, 0.4) is 0 Å². The third-order valence-corrected chi connectivity index (χ3v) is 5.54. The fourth-order valence-corrected chi connectivity index (χ4v) is 3.98. The highest BCUT2D eigenvalue weighted by atomic mass is 16.2. The van der Waals surface area contributed by atoms with E-state index in [1.54, 1.807) is 7.05 Å². The predicted octanol–water partition coefficient (Wildman–Crippen LogP) is 2.59. The van der Waals surface area contributed by atoms with Crippen molar-refractivity contribution in [1.82, 2.24) is 23.1 Å². The van der Waals surface area contributed by atoms with Gasteiger partial charge in [0.2, 0.25) is 5.78 Å². The molecule has 0 aliphatic rings. The fourth-order valence-electron chi connectivity index (χ4n) is 3.98. The van der Waals surface area contributed by atoms with E-state index in [1.807, 2.05) is 48.6 Å². The molecule has 0 amide bonds. The van der Waals surface area contributed by atoms with Crippen LogP contribution in [0.15, 0.2) is 39.9 Å². The molecule has 0 radical (unpaired) electrons. The Morgan fingerprint density at radius 1 is 1.04 bits per heavy atom. The van der Waals surface area contributed by atoms with E-state index in [9.17, 15) is 9.59 Å². The number of hydrogen-bond acceptors (Lipinski definition) is 3. The molecule has 0 aliphatic heterocycles. The van der Waals surface area contributed by atoms with Crippen LogP contribution in [0.25, 0.3) is 16.9 Å². The van der Waals surface area contributed by atoms with Gasteiger partial charge in [0.25, 0.3) is 5.56 Å². The lowest BCUT2D eigenvalue weighted by Gasteiger charge is -2.10. The zero-order chi connectivity index (χ0) is 20.2. The molecule has 28 heavy (non-hydrogen) atoms. The molecule has 0 N–H and O–H groups in total. The van der Waals surface area contributed by atoms with Gasteiger partial charge in [0.05, 0.1) is 0 Å². The monoisotopic (exact) mass is 379 g/mol. The summed E-state index contributed by atoms with van der Waals surface area (Å²) in [5.74, 6) is 0.702. The average molecular weight is 379 g/mol. The van der Waals surface area contributed by atoms with Gasteiger partial charge in [0.1, 0.15) is 0 Å². The number of imidazole rings is 2. The van der Waals surface area contributed by atoms with Crippen molar-refractivity contribution in [2.24, 2.45) is 7.05 Å². The Labute approximate surface area is 162 Å². The second-order valence-corrected chi connectivity index (χ2v) is 7.59. The zero-order valence-corrected chi connectivity index (χ0v) is 16.9. The number of aryl methyl sites for hydroxylation is 3. The molecule has 7 nitrogen and oxygen atoms in total. The Balaban J connectivity index is 1.98. The number of fused-ring (bicyclic) bond motifs is 3. The summed E-state index contributed by atoms with van der Waals surface area (Å²) in [6, 6.07) is 10.1. The van der Waals surface area contributed by atoms with Gasteiger partial charge < -0.3 is 4.57 Å². The Kier molecular flexibility index (Phi) is 4.25. The van der Waals surface area contributed by atoms with Crippen molar-refractivity contribution in [3.63, 3.8) is 0 Å². The Bertz CT molecular complexity index is 1300. The molecule has 0 fully saturated rings. The Morgan fingerprint density at radius 2 is 1.71 bits per heavy atom. The zero-order valence-electron chi connectivity index (χ0n) is 16.9. The van der Waals surface area contributed by atoms with Gasteiger partial charge in [-0.2, -0.15) is 4.98 Å². The lowest BCUT2D eigenvalue weighted by Crippen LogP contribution is -2.39. The van der Waals surface area contributed by atoms with Gasteiger partial charge >= 0.3 is 5.69 Å². The molecule has 3 heterocycles. The quantitative estimate of drug-likeness (QED) is 0.547. The van der Waals surface area contributed by atoms with Crippen LogP contribution >= 0.6 is 0 Å². The van der Waals surface area contributed by atoms with E-state index >= 15 is 0 Å². The minimum Gasteiger partial charge on any atom is -0.311 e.